The summed E-state index contributed by atoms with van der Waals surface area (Å²) in [5.41, 5.74) is 7.98. The van der Waals surface area contributed by atoms with E-state index in [9.17, 15) is 10.1 Å². The molecule has 2 rings (SSSR count). The van der Waals surface area contributed by atoms with Gasteiger partial charge in [-0.25, -0.2) is 4.98 Å². The molecule has 0 radical (unpaired) electrons. The van der Waals surface area contributed by atoms with Gasteiger partial charge in [0, 0.05) is 29.1 Å². The van der Waals surface area contributed by atoms with E-state index in [1.165, 1.54) is 17.4 Å². The first kappa shape index (κ1) is 11.7. The monoisotopic (exact) mass is 249 g/mol. The molecule has 1 aromatic heterocycles. The van der Waals surface area contributed by atoms with Gasteiger partial charge >= 0.3 is 0 Å². The average Bonchev–Trinajstić information content (AvgIpc) is 2.76. The molecule has 2 N–H and O–H groups in total. The fraction of sp³-hybridized carbons (Fsp3) is 0.182. The number of aromatic nitrogens is 1. The third kappa shape index (κ3) is 2.32. The van der Waals surface area contributed by atoms with E-state index >= 15 is 0 Å². The first-order valence-corrected chi connectivity index (χ1v) is 5.89. The van der Waals surface area contributed by atoms with Crippen molar-refractivity contribution in [2.45, 2.75) is 13.5 Å². The van der Waals surface area contributed by atoms with Crippen molar-refractivity contribution in [2.24, 2.45) is 5.73 Å². The van der Waals surface area contributed by atoms with Crippen LogP contribution in [-0.2, 0) is 6.54 Å². The molecule has 17 heavy (non-hydrogen) atoms. The number of rotatable bonds is 3. The zero-order valence-electron chi connectivity index (χ0n) is 9.21. The summed E-state index contributed by atoms with van der Waals surface area (Å²) in [6.07, 6.45) is 0. The molecule has 5 nitrogen and oxygen atoms in total. The fourth-order valence-electron chi connectivity index (χ4n) is 1.53. The number of benzene rings is 1. The Kier molecular flexibility index (Phi) is 3.16. The van der Waals surface area contributed by atoms with Crippen molar-refractivity contribution in [3.05, 3.63) is 45.0 Å². The second kappa shape index (κ2) is 4.60. The van der Waals surface area contributed by atoms with Crippen molar-refractivity contribution >= 4 is 17.0 Å². The molecule has 88 valence electrons. The lowest BCUT2D eigenvalue weighted by Crippen LogP contribution is -1.96. The topological polar surface area (TPSA) is 82.0 Å². The normalized spacial score (nSPS) is 10.5. The highest BCUT2D eigenvalue weighted by molar-refractivity contribution is 7.13. The largest absolute Gasteiger partial charge is 0.325 e. The minimum atomic E-state index is -0.383. The Morgan fingerprint density at radius 3 is 2.82 bits per heavy atom. The number of nitro groups is 1. The Labute approximate surface area is 102 Å². The van der Waals surface area contributed by atoms with Gasteiger partial charge in [-0.05, 0) is 19.1 Å². The van der Waals surface area contributed by atoms with Gasteiger partial charge in [0.15, 0.2) is 0 Å². The summed E-state index contributed by atoms with van der Waals surface area (Å²) in [4.78, 5) is 14.7. The summed E-state index contributed by atoms with van der Waals surface area (Å²) in [6, 6.07) is 5.00. The number of aryl methyl sites for hydroxylation is 1. The van der Waals surface area contributed by atoms with Gasteiger partial charge in [0.1, 0.15) is 5.01 Å². The van der Waals surface area contributed by atoms with Gasteiger partial charge in [0.2, 0.25) is 0 Å². The fourth-order valence-corrected chi connectivity index (χ4v) is 2.36. The number of nitro benzene ring substituents is 1. The van der Waals surface area contributed by atoms with Gasteiger partial charge in [-0.3, -0.25) is 10.1 Å². The van der Waals surface area contributed by atoms with Crippen LogP contribution in [0, 0.1) is 17.0 Å². The standard InChI is InChI=1S/C11H11N3O2S/c1-7-4-8(2-3-10(7)14(15)16)11-13-9(5-12)6-17-11/h2-4,6H,5,12H2,1H3. The summed E-state index contributed by atoms with van der Waals surface area (Å²) in [7, 11) is 0. The average molecular weight is 249 g/mol. The second-order valence-corrected chi connectivity index (χ2v) is 4.46. The first-order chi connectivity index (χ1) is 8.11. The molecule has 0 unspecified atom stereocenters. The van der Waals surface area contributed by atoms with Crippen molar-refractivity contribution in [1.29, 1.82) is 0 Å². The minimum Gasteiger partial charge on any atom is -0.325 e. The molecule has 0 atom stereocenters. The molecule has 6 heteroatoms. The summed E-state index contributed by atoms with van der Waals surface area (Å²) in [6.45, 7) is 2.13. The SMILES string of the molecule is Cc1cc(-c2nc(CN)cs2)ccc1[N+](=O)[O-]. The van der Waals surface area contributed by atoms with Crippen LogP contribution < -0.4 is 5.73 Å². The lowest BCUT2D eigenvalue weighted by molar-refractivity contribution is -0.385. The molecule has 0 aliphatic rings. The van der Waals surface area contributed by atoms with Gasteiger partial charge in [0.25, 0.3) is 5.69 Å². The van der Waals surface area contributed by atoms with Crippen LogP contribution in [0.1, 0.15) is 11.3 Å². The molecule has 0 saturated heterocycles. The molecule has 0 fully saturated rings. The Balaban J connectivity index is 2.40. The maximum Gasteiger partial charge on any atom is 0.272 e. The lowest BCUT2D eigenvalue weighted by Gasteiger charge is -2.00. The lowest BCUT2D eigenvalue weighted by atomic mass is 10.1. The van der Waals surface area contributed by atoms with Crippen LogP contribution in [-0.4, -0.2) is 9.91 Å². The molecular weight excluding hydrogens is 238 g/mol. The Morgan fingerprint density at radius 2 is 2.29 bits per heavy atom. The van der Waals surface area contributed by atoms with Crippen LogP contribution in [0.15, 0.2) is 23.6 Å². The highest BCUT2D eigenvalue weighted by Gasteiger charge is 2.12. The highest BCUT2D eigenvalue weighted by Crippen LogP contribution is 2.28. The van der Waals surface area contributed by atoms with E-state index in [0.717, 1.165) is 16.3 Å². The molecule has 1 heterocycles. The van der Waals surface area contributed by atoms with Gasteiger partial charge in [-0.2, -0.15) is 0 Å². The van der Waals surface area contributed by atoms with E-state index < -0.39 is 0 Å². The van der Waals surface area contributed by atoms with Crippen molar-refractivity contribution in [3.8, 4) is 10.6 Å². The van der Waals surface area contributed by atoms with Crippen molar-refractivity contribution in [1.82, 2.24) is 4.98 Å². The van der Waals surface area contributed by atoms with E-state index in [-0.39, 0.29) is 10.6 Å². The summed E-state index contributed by atoms with van der Waals surface area (Å²) in [5, 5.41) is 13.4. The summed E-state index contributed by atoms with van der Waals surface area (Å²) < 4.78 is 0. The van der Waals surface area contributed by atoms with E-state index in [1.54, 1.807) is 19.1 Å². The molecule has 0 spiro atoms. The Hall–Kier alpha value is -1.79. The number of nitrogens with zero attached hydrogens (tertiary/aromatic N) is 2. The third-order valence-electron chi connectivity index (χ3n) is 2.40. The molecule has 0 amide bonds. The smallest absolute Gasteiger partial charge is 0.272 e. The van der Waals surface area contributed by atoms with Crippen LogP contribution in [0.4, 0.5) is 5.69 Å². The predicted molar refractivity (Wildman–Crippen MR) is 66.8 cm³/mol. The number of hydrogen-bond donors (Lipinski definition) is 1. The van der Waals surface area contributed by atoms with E-state index in [4.69, 9.17) is 5.73 Å². The van der Waals surface area contributed by atoms with Crippen LogP contribution in [0.3, 0.4) is 0 Å². The third-order valence-corrected chi connectivity index (χ3v) is 3.34. The Bertz CT molecular complexity index is 566. The summed E-state index contributed by atoms with van der Waals surface area (Å²) >= 11 is 1.49. The molecule has 0 bridgehead atoms. The quantitative estimate of drug-likeness (QED) is 0.669. The molecule has 2 aromatic rings. The highest BCUT2D eigenvalue weighted by atomic mass is 32.1. The first-order valence-electron chi connectivity index (χ1n) is 5.01. The molecule has 0 saturated carbocycles. The molecular formula is C11H11N3O2S. The van der Waals surface area contributed by atoms with E-state index in [1.807, 2.05) is 5.38 Å². The number of nitrogens with two attached hydrogens (primary N) is 1. The maximum atomic E-state index is 10.7. The van der Waals surface area contributed by atoms with Crippen molar-refractivity contribution in [2.75, 3.05) is 0 Å². The van der Waals surface area contributed by atoms with Crippen LogP contribution in [0.5, 0.6) is 0 Å². The maximum absolute atomic E-state index is 10.7. The summed E-state index contributed by atoms with van der Waals surface area (Å²) in [5.74, 6) is 0. The van der Waals surface area contributed by atoms with E-state index in [2.05, 4.69) is 4.98 Å². The van der Waals surface area contributed by atoms with Gasteiger partial charge in [0.05, 0.1) is 10.6 Å². The molecule has 1 aromatic carbocycles. The van der Waals surface area contributed by atoms with Crippen molar-refractivity contribution in [3.63, 3.8) is 0 Å². The number of thiazole rings is 1. The predicted octanol–water partition coefficient (Wildman–Crippen LogP) is 2.49. The zero-order chi connectivity index (χ0) is 12.4. The van der Waals surface area contributed by atoms with Gasteiger partial charge in [-0.15, -0.1) is 11.3 Å². The minimum absolute atomic E-state index is 0.129. The molecule has 0 aliphatic carbocycles. The number of hydrogen-bond acceptors (Lipinski definition) is 5. The zero-order valence-corrected chi connectivity index (χ0v) is 10.0. The van der Waals surface area contributed by atoms with Gasteiger partial charge in [-0.1, -0.05) is 0 Å². The van der Waals surface area contributed by atoms with Gasteiger partial charge < -0.3 is 5.73 Å². The van der Waals surface area contributed by atoms with Crippen LogP contribution >= 0.6 is 11.3 Å². The van der Waals surface area contributed by atoms with E-state index in [0.29, 0.717) is 12.1 Å². The van der Waals surface area contributed by atoms with Crippen molar-refractivity contribution < 1.29 is 4.92 Å². The second-order valence-electron chi connectivity index (χ2n) is 3.61. The van der Waals surface area contributed by atoms with Crippen LogP contribution in [0.25, 0.3) is 10.6 Å². The molecule has 0 aliphatic heterocycles. The Morgan fingerprint density at radius 1 is 1.53 bits per heavy atom. The van der Waals surface area contributed by atoms with Crippen LogP contribution in [0.2, 0.25) is 0 Å².